The molecule has 0 saturated heterocycles. The van der Waals surface area contributed by atoms with Crippen LogP contribution in [-0.4, -0.2) is 17.1 Å². The molecule has 0 radical (unpaired) electrons. The van der Waals surface area contributed by atoms with Crippen LogP contribution in [-0.2, 0) is 0 Å². The smallest absolute Gasteiger partial charge is 0.275 e. The van der Waals surface area contributed by atoms with Crippen molar-refractivity contribution in [3.63, 3.8) is 0 Å². The van der Waals surface area contributed by atoms with Crippen molar-refractivity contribution >= 4 is 6.03 Å². The Bertz CT molecular complexity index is 186. The van der Waals surface area contributed by atoms with E-state index in [1.165, 1.54) is 5.01 Å². The highest BCUT2D eigenvalue weighted by Gasteiger charge is 2.20. The van der Waals surface area contributed by atoms with Crippen molar-refractivity contribution in [1.82, 2.24) is 10.4 Å². The van der Waals surface area contributed by atoms with E-state index in [9.17, 15) is 4.79 Å². The number of nitrogens with two attached hydrogens (primary N) is 2. The molecule has 0 aliphatic rings. The highest BCUT2D eigenvalue weighted by molar-refractivity contribution is 5.73. The molecule has 0 saturated carbocycles. The van der Waals surface area contributed by atoms with Crippen LogP contribution in [0.4, 0.5) is 4.79 Å². The second-order valence-corrected chi connectivity index (χ2v) is 4.05. The molecule has 0 fully saturated rings. The van der Waals surface area contributed by atoms with Gasteiger partial charge in [-0.15, -0.1) is 0 Å². The van der Waals surface area contributed by atoms with E-state index in [-0.39, 0.29) is 6.04 Å². The van der Waals surface area contributed by atoms with Gasteiger partial charge >= 0.3 is 6.03 Å². The summed E-state index contributed by atoms with van der Waals surface area (Å²) in [5.74, 6) is 11.3. The second-order valence-electron chi connectivity index (χ2n) is 4.05. The Morgan fingerprint density at radius 3 is 2.47 bits per heavy atom. The Hall–Kier alpha value is -0.810. The van der Waals surface area contributed by atoms with Gasteiger partial charge in [0.15, 0.2) is 0 Å². The number of nitrogens with zero attached hydrogens (tertiary/aromatic N) is 1. The minimum atomic E-state index is -0.425. The fraction of sp³-hybridized carbons (Fsp3) is 0.900. The molecule has 0 aliphatic carbocycles. The highest BCUT2D eigenvalue weighted by atomic mass is 16.2. The third kappa shape index (κ3) is 4.99. The van der Waals surface area contributed by atoms with Crippen LogP contribution in [0.25, 0.3) is 0 Å². The van der Waals surface area contributed by atoms with E-state index in [2.05, 4.69) is 13.8 Å². The van der Waals surface area contributed by atoms with E-state index in [1.807, 2.05) is 12.3 Å². The molecular formula is C10H24N4O. The van der Waals surface area contributed by atoms with E-state index in [0.717, 1.165) is 25.7 Å². The first kappa shape index (κ1) is 14.2. The van der Waals surface area contributed by atoms with Crippen molar-refractivity contribution in [3.05, 3.63) is 0 Å². The molecule has 5 nitrogen and oxygen atoms in total. The molecule has 2 unspecified atom stereocenters. The van der Waals surface area contributed by atoms with Crippen LogP contribution in [0, 0.1) is 5.92 Å². The summed E-state index contributed by atoms with van der Waals surface area (Å²) in [7, 11) is 0. The van der Waals surface area contributed by atoms with Crippen molar-refractivity contribution in [2.75, 3.05) is 0 Å². The number of hydrogen-bond donors (Lipinski definition) is 3. The van der Waals surface area contributed by atoms with E-state index in [0.29, 0.717) is 5.92 Å². The summed E-state index contributed by atoms with van der Waals surface area (Å²) < 4.78 is 0. The zero-order chi connectivity index (χ0) is 11.8. The van der Waals surface area contributed by atoms with Gasteiger partial charge in [0.1, 0.15) is 0 Å². The summed E-state index contributed by atoms with van der Waals surface area (Å²) in [6, 6.07) is -0.361. The highest BCUT2D eigenvalue weighted by Crippen LogP contribution is 2.17. The Morgan fingerprint density at radius 1 is 1.47 bits per heavy atom. The summed E-state index contributed by atoms with van der Waals surface area (Å²) >= 11 is 0. The van der Waals surface area contributed by atoms with E-state index in [4.69, 9.17) is 11.7 Å². The van der Waals surface area contributed by atoms with Crippen LogP contribution in [0.5, 0.6) is 0 Å². The molecule has 0 heterocycles. The number of carbonyl (C=O) groups excluding carboxylic acids is 1. The zero-order valence-electron chi connectivity index (χ0n) is 9.99. The largest absolute Gasteiger partial charge is 0.345 e. The summed E-state index contributed by atoms with van der Waals surface area (Å²) in [5, 5.41) is 1.20. The Labute approximate surface area is 92.1 Å². The predicted octanol–water partition coefficient (Wildman–Crippen LogP) is 1.35. The summed E-state index contributed by atoms with van der Waals surface area (Å²) in [5.41, 5.74) is 2.05. The molecule has 0 aliphatic heterocycles. The van der Waals surface area contributed by atoms with Gasteiger partial charge in [-0.05, 0) is 18.8 Å². The maximum atomic E-state index is 11.2. The Morgan fingerprint density at radius 2 is 2.07 bits per heavy atom. The van der Waals surface area contributed by atoms with Gasteiger partial charge in [-0.25, -0.2) is 16.5 Å². The number of carbonyl (C=O) groups is 1. The Kier molecular flexibility index (Phi) is 7.07. The Balaban J connectivity index is 4.17. The van der Waals surface area contributed by atoms with Crippen molar-refractivity contribution in [2.24, 2.45) is 17.6 Å². The van der Waals surface area contributed by atoms with Crippen LogP contribution >= 0.6 is 0 Å². The standard InChI is InChI=1S/C10H24N4O/c1-4-6-8(3)7-9(5-2)14(12)10(15)13-11/h8-9H,4-7,11-12H2,1-3H3,(H,13,15). The molecule has 90 valence electrons. The van der Waals surface area contributed by atoms with Crippen molar-refractivity contribution in [3.8, 4) is 0 Å². The fourth-order valence-corrected chi connectivity index (χ4v) is 1.79. The SMILES string of the molecule is CCCC(C)CC(CC)N(N)C(=O)NN. The molecule has 0 rings (SSSR count). The van der Waals surface area contributed by atoms with Crippen LogP contribution in [0.15, 0.2) is 0 Å². The lowest BCUT2D eigenvalue weighted by Crippen LogP contribution is -2.52. The van der Waals surface area contributed by atoms with Gasteiger partial charge in [-0.3, -0.25) is 10.4 Å². The topological polar surface area (TPSA) is 84.4 Å². The lowest BCUT2D eigenvalue weighted by molar-refractivity contribution is 0.161. The zero-order valence-corrected chi connectivity index (χ0v) is 9.99. The van der Waals surface area contributed by atoms with Gasteiger partial charge in [-0.2, -0.15) is 0 Å². The van der Waals surface area contributed by atoms with E-state index >= 15 is 0 Å². The van der Waals surface area contributed by atoms with Gasteiger partial charge in [-0.1, -0.05) is 33.6 Å². The number of hydrazine groups is 2. The van der Waals surface area contributed by atoms with Crippen molar-refractivity contribution in [1.29, 1.82) is 0 Å². The minimum Gasteiger partial charge on any atom is -0.275 e. The first-order valence-corrected chi connectivity index (χ1v) is 5.61. The lowest BCUT2D eigenvalue weighted by atomic mass is 9.96. The van der Waals surface area contributed by atoms with Crippen LogP contribution in [0.2, 0.25) is 0 Å². The normalized spacial score (nSPS) is 14.5. The number of amides is 2. The molecule has 0 aromatic rings. The monoisotopic (exact) mass is 216 g/mol. The maximum absolute atomic E-state index is 11.2. The first-order chi connectivity index (χ1) is 7.06. The maximum Gasteiger partial charge on any atom is 0.345 e. The van der Waals surface area contributed by atoms with Gasteiger partial charge in [0.25, 0.3) is 0 Å². The van der Waals surface area contributed by atoms with Crippen molar-refractivity contribution in [2.45, 2.75) is 52.5 Å². The first-order valence-electron chi connectivity index (χ1n) is 5.61. The van der Waals surface area contributed by atoms with E-state index in [1.54, 1.807) is 0 Å². The molecule has 5 heteroatoms. The van der Waals surface area contributed by atoms with Gasteiger partial charge in [0.2, 0.25) is 0 Å². The number of hydrogen-bond acceptors (Lipinski definition) is 3. The number of nitrogens with one attached hydrogen (secondary N) is 1. The van der Waals surface area contributed by atoms with E-state index < -0.39 is 6.03 Å². The second kappa shape index (κ2) is 7.48. The molecule has 0 aromatic carbocycles. The lowest BCUT2D eigenvalue weighted by Gasteiger charge is -2.28. The third-order valence-electron chi connectivity index (χ3n) is 2.68. The molecule has 5 N–H and O–H groups in total. The summed E-state index contributed by atoms with van der Waals surface area (Å²) in [6.45, 7) is 6.36. The van der Waals surface area contributed by atoms with Crippen LogP contribution in [0.1, 0.15) is 46.5 Å². The molecule has 15 heavy (non-hydrogen) atoms. The van der Waals surface area contributed by atoms with Crippen LogP contribution < -0.4 is 17.1 Å². The number of urea groups is 1. The summed E-state index contributed by atoms with van der Waals surface area (Å²) in [4.78, 5) is 11.2. The average Bonchev–Trinajstić information content (AvgIpc) is 2.24. The molecule has 2 atom stereocenters. The third-order valence-corrected chi connectivity index (χ3v) is 2.68. The number of rotatable bonds is 6. The molecule has 0 spiro atoms. The summed E-state index contributed by atoms with van der Waals surface area (Å²) in [6.07, 6.45) is 4.09. The van der Waals surface area contributed by atoms with Gasteiger partial charge < -0.3 is 0 Å². The van der Waals surface area contributed by atoms with Crippen molar-refractivity contribution < 1.29 is 4.79 Å². The van der Waals surface area contributed by atoms with Gasteiger partial charge in [0.05, 0.1) is 0 Å². The molecule has 2 amide bonds. The average molecular weight is 216 g/mol. The fourth-order valence-electron chi connectivity index (χ4n) is 1.79. The van der Waals surface area contributed by atoms with Gasteiger partial charge in [0, 0.05) is 6.04 Å². The minimum absolute atomic E-state index is 0.0649. The quantitative estimate of drug-likeness (QED) is 0.356. The molecule has 0 bridgehead atoms. The molecular weight excluding hydrogens is 192 g/mol. The predicted molar refractivity (Wildman–Crippen MR) is 61.5 cm³/mol. The molecule has 0 aromatic heterocycles. The van der Waals surface area contributed by atoms with Crippen LogP contribution in [0.3, 0.4) is 0 Å².